The second-order valence-electron chi connectivity index (χ2n) is 11.6. The van der Waals surface area contributed by atoms with E-state index < -0.39 is 36.4 Å². The van der Waals surface area contributed by atoms with Crippen molar-refractivity contribution < 1.29 is 23.5 Å². The summed E-state index contributed by atoms with van der Waals surface area (Å²) in [5.74, 6) is -4.26. The summed E-state index contributed by atoms with van der Waals surface area (Å²) in [6, 6.07) is 18.1. The number of carbonyl (C=O) groups excluding carboxylic acids is 1. The predicted octanol–water partition coefficient (Wildman–Crippen LogP) is 7.10. The van der Waals surface area contributed by atoms with Crippen LogP contribution in [0.5, 0.6) is 0 Å². The fourth-order valence-electron chi connectivity index (χ4n) is 6.94. The van der Waals surface area contributed by atoms with E-state index in [9.17, 15) is 14.7 Å². The number of nitrogens with zero attached hydrogens (tertiary/aromatic N) is 4. The minimum Gasteiger partial charge on any atom is -0.465 e. The van der Waals surface area contributed by atoms with Gasteiger partial charge in [0.2, 0.25) is 0 Å². The van der Waals surface area contributed by atoms with Crippen molar-refractivity contribution >= 4 is 29.0 Å². The second-order valence-corrected chi connectivity index (χ2v) is 12.7. The number of amides is 2. The van der Waals surface area contributed by atoms with Gasteiger partial charge in [-0.05, 0) is 59.7 Å². The minimum absolute atomic E-state index is 0.000890. The van der Waals surface area contributed by atoms with Crippen LogP contribution >= 0.6 is 11.3 Å². The van der Waals surface area contributed by atoms with Crippen molar-refractivity contribution in [3.8, 4) is 22.4 Å². The van der Waals surface area contributed by atoms with E-state index in [1.54, 1.807) is 29.0 Å². The maximum atomic E-state index is 15.7. The van der Waals surface area contributed by atoms with E-state index in [2.05, 4.69) is 15.4 Å². The van der Waals surface area contributed by atoms with Gasteiger partial charge in [-0.25, -0.2) is 23.1 Å². The van der Waals surface area contributed by atoms with Crippen molar-refractivity contribution in [3.05, 3.63) is 100 Å². The van der Waals surface area contributed by atoms with E-state index in [1.807, 2.05) is 61.5 Å². The molecule has 2 N–H and O–H groups in total. The molecule has 1 saturated carbocycles. The van der Waals surface area contributed by atoms with Crippen LogP contribution in [-0.2, 0) is 6.42 Å². The highest BCUT2D eigenvalue weighted by Crippen LogP contribution is 2.46. The number of thiophene rings is 1. The van der Waals surface area contributed by atoms with Gasteiger partial charge < -0.3 is 15.3 Å². The molecule has 7 rings (SSSR count). The number of halogens is 2. The number of aromatic nitrogens is 3. The summed E-state index contributed by atoms with van der Waals surface area (Å²) >= 11 is 1.23. The Bertz CT molecular complexity index is 1880. The van der Waals surface area contributed by atoms with Gasteiger partial charge in [-0.1, -0.05) is 55.5 Å². The van der Waals surface area contributed by atoms with E-state index in [0.29, 0.717) is 17.8 Å². The molecule has 8 nitrogen and oxygen atoms in total. The molecule has 0 unspecified atom stereocenters. The molecule has 0 aliphatic heterocycles. The zero-order valence-corrected chi connectivity index (χ0v) is 25.3. The average Bonchev–Trinajstić information content (AvgIpc) is 3.74. The lowest BCUT2D eigenvalue weighted by molar-refractivity contribution is -0.0880. The number of imidazole rings is 1. The first-order valence-electron chi connectivity index (χ1n) is 15.0. The molecule has 11 heteroatoms. The summed E-state index contributed by atoms with van der Waals surface area (Å²) < 4.78 is 33.1. The van der Waals surface area contributed by atoms with Gasteiger partial charge in [-0.3, -0.25) is 4.79 Å². The topological polar surface area (TPSA) is 99.8 Å². The van der Waals surface area contributed by atoms with Gasteiger partial charge in [0.15, 0.2) is 5.65 Å². The third kappa shape index (κ3) is 5.04. The largest absolute Gasteiger partial charge is 0.465 e. The molecule has 3 heterocycles. The van der Waals surface area contributed by atoms with Crippen LogP contribution in [0.1, 0.15) is 57.8 Å². The number of fused-ring (bicyclic) bond motifs is 4. The monoisotopic (exact) mass is 627 g/mol. The number of rotatable bonds is 7. The summed E-state index contributed by atoms with van der Waals surface area (Å²) in [4.78, 5) is 33.2. The van der Waals surface area contributed by atoms with Crippen LogP contribution < -0.4 is 5.32 Å². The Morgan fingerprint density at radius 1 is 1.07 bits per heavy atom. The standard InChI is InChI=1S/C34H31F2N5O3S/c1-2-28-24(27-18-37-30-14-8-16-38-41(27)30)17-29(45-28)32(42)39-31-26(13-7-15-34(31,35)36)40(33(43)44)19-25-22-11-5-3-9-20(22)21-10-4-6-12-23(21)25/h3-6,8-12,14,16-18,25-26,31H,2,7,13,15,19H2,1H3,(H,39,42)(H,43,44)/t26-,31+/m0/s1. The Hall–Kier alpha value is -4.64. The number of alkyl halides is 2. The van der Waals surface area contributed by atoms with Gasteiger partial charge >= 0.3 is 6.09 Å². The van der Waals surface area contributed by atoms with Crippen LogP contribution in [0.2, 0.25) is 0 Å². The molecule has 230 valence electrons. The van der Waals surface area contributed by atoms with Crippen molar-refractivity contribution in [3.63, 3.8) is 0 Å². The number of aryl methyl sites for hydroxylation is 1. The molecule has 45 heavy (non-hydrogen) atoms. The van der Waals surface area contributed by atoms with E-state index in [0.717, 1.165) is 37.6 Å². The molecule has 0 bridgehead atoms. The van der Waals surface area contributed by atoms with E-state index in [1.165, 1.54) is 11.3 Å². The molecular weight excluding hydrogens is 596 g/mol. The van der Waals surface area contributed by atoms with Gasteiger partial charge in [0.25, 0.3) is 11.8 Å². The maximum absolute atomic E-state index is 15.7. The minimum atomic E-state index is -3.29. The van der Waals surface area contributed by atoms with E-state index >= 15 is 8.78 Å². The highest BCUT2D eigenvalue weighted by atomic mass is 32.1. The SMILES string of the molecule is CCc1sc(C(=O)N[C@@H]2[C@@H](N(CC3c4ccccc4-c4ccccc43)C(=O)O)CCCC2(F)F)cc1-c1cnc2cccnn12. The maximum Gasteiger partial charge on any atom is 0.407 e. The van der Waals surface area contributed by atoms with Gasteiger partial charge in [0.05, 0.1) is 22.8 Å². The van der Waals surface area contributed by atoms with Crippen LogP contribution in [0.4, 0.5) is 13.6 Å². The molecule has 2 amide bonds. The van der Waals surface area contributed by atoms with Crippen LogP contribution in [0.25, 0.3) is 28.0 Å². The number of hydrogen-bond donors (Lipinski definition) is 2. The number of nitrogens with one attached hydrogen (secondary N) is 1. The molecule has 5 aromatic rings. The summed E-state index contributed by atoms with van der Waals surface area (Å²) in [6.07, 6.45) is 2.59. The van der Waals surface area contributed by atoms with Gasteiger partial charge in [-0.15, -0.1) is 11.3 Å². The normalized spacial score (nSPS) is 18.8. The molecule has 2 aliphatic rings. The Balaban J connectivity index is 1.20. The van der Waals surface area contributed by atoms with E-state index in [-0.39, 0.29) is 30.2 Å². The summed E-state index contributed by atoms with van der Waals surface area (Å²) in [6.45, 7) is 1.96. The Labute approximate surface area is 262 Å². The third-order valence-electron chi connectivity index (χ3n) is 9.03. The van der Waals surface area contributed by atoms with Crippen LogP contribution in [-0.4, -0.2) is 61.2 Å². The molecular formula is C34H31F2N5O3S. The number of carbonyl (C=O) groups is 2. The first-order valence-corrected chi connectivity index (χ1v) is 15.9. The van der Waals surface area contributed by atoms with Gasteiger partial charge in [-0.2, -0.15) is 5.10 Å². The Kier molecular flexibility index (Phi) is 7.35. The number of carboxylic acid groups (broad SMARTS) is 1. The molecule has 1 fully saturated rings. The first kappa shape index (κ1) is 29.1. The third-order valence-corrected chi connectivity index (χ3v) is 10.3. The predicted molar refractivity (Wildman–Crippen MR) is 168 cm³/mol. The van der Waals surface area contributed by atoms with Crippen molar-refractivity contribution in [2.45, 2.75) is 56.5 Å². The van der Waals surface area contributed by atoms with Gasteiger partial charge in [0.1, 0.15) is 6.04 Å². The zero-order chi connectivity index (χ0) is 31.3. The Morgan fingerprint density at radius 3 is 2.47 bits per heavy atom. The lowest BCUT2D eigenvalue weighted by Crippen LogP contribution is -2.63. The molecule has 0 radical (unpaired) electrons. The quantitative estimate of drug-likeness (QED) is 0.201. The molecule has 0 saturated heterocycles. The number of benzene rings is 2. The van der Waals surface area contributed by atoms with Crippen molar-refractivity contribution in [1.82, 2.24) is 24.8 Å². The number of hydrogen-bond acceptors (Lipinski definition) is 5. The zero-order valence-electron chi connectivity index (χ0n) is 24.5. The lowest BCUT2D eigenvalue weighted by atomic mass is 9.84. The highest BCUT2D eigenvalue weighted by Gasteiger charge is 2.51. The van der Waals surface area contributed by atoms with Crippen molar-refractivity contribution in [2.75, 3.05) is 6.54 Å². The fraction of sp³-hybridized carbons (Fsp3) is 0.294. The summed E-state index contributed by atoms with van der Waals surface area (Å²) in [5, 5.41) is 17.4. The molecule has 3 aromatic heterocycles. The average molecular weight is 628 g/mol. The first-order chi connectivity index (χ1) is 21.8. The highest BCUT2D eigenvalue weighted by molar-refractivity contribution is 7.14. The fourth-order valence-corrected chi connectivity index (χ4v) is 7.95. The Morgan fingerprint density at radius 2 is 1.78 bits per heavy atom. The van der Waals surface area contributed by atoms with Crippen molar-refractivity contribution in [2.24, 2.45) is 0 Å². The van der Waals surface area contributed by atoms with Crippen molar-refractivity contribution in [1.29, 1.82) is 0 Å². The van der Waals surface area contributed by atoms with Crippen LogP contribution in [0.3, 0.4) is 0 Å². The van der Waals surface area contributed by atoms with Crippen LogP contribution in [0, 0.1) is 0 Å². The van der Waals surface area contributed by atoms with E-state index in [4.69, 9.17) is 0 Å². The van der Waals surface area contributed by atoms with Crippen LogP contribution in [0.15, 0.2) is 79.1 Å². The smallest absolute Gasteiger partial charge is 0.407 e. The molecule has 2 atom stereocenters. The molecule has 2 aromatic carbocycles. The van der Waals surface area contributed by atoms with Gasteiger partial charge in [0, 0.05) is 35.5 Å². The summed E-state index contributed by atoms with van der Waals surface area (Å²) in [5.41, 5.74) is 6.08. The molecule has 2 aliphatic carbocycles. The lowest BCUT2D eigenvalue weighted by Gasteiger charge is -2.43. The molecule has 0 spiro atoms. The second kappa shape index (κ2) is 11.4. The summed E-state index contributed by atoms with van der Waals surface area (Å²) in [7, 11) is 0.